The Kier molecular flexibility index (Phi) is 9.27. The minimum absolute atomic E-state index is 0.0441. The summed E-state index contributed by atoms with van der Waals surface area (Å²) in [5.74, 6) is -1.18. The Labute approximate surface area is 201 Å². The van der Waals surface area contributed by atoms with Crippen molar-refractivity contribution in [3.05, 3.63) is 35.6 Å². The van der Waals surface area contributed by atoms with E-state index in [1.54, 1.807) is 17.0 Å². The molecule has 0 spiro atoms. The molecule has 1 aromatic rings. The molecular weight excluding hydrogens is 439 g/mol. The molecule has 2 fully saturated rings. The molecule has 8 nitrogen and oxygen atoms in total. The molecule has 1 aliphatic carbocycles. The van der Waals surface area contributed by atoms with Crippen LogP contribution in [0.15, 0.2) is 24.3 Å². The molecule has 2 atom stereocenters. The summed E-state index contributed by atoms with van der Waals surface area (Å²) in [5, 5.41) is 5.67. The Morgan fingerprint density at radius 3 is 2.53 bits per heavy atom. The Morgan fingerprint density at radius 1 is 1.15 bits per heavy atom. The number of carbonyl (C=O) groups is 3. The Morgan fingerprint density at radius 2 is 1.88 bits per heavy atom. The van der Waals surface area contributed by atoms with E-state index < -0.39 is 11.8 Å². The van der Waals surface area contributed by atoms with E-state index in [1.807, 2.05) is 13.0 Å². The molecule has 34 heavy (non-hydrogen) atoms. The summed E-state index contributed by atoms with van der Waals surface area (Å²) in [5.41, 5.74) is 1.03. The number of hydrogen-bond donors (Lipinski definition) is 2. The zero-order chi connectivity index (χ0) is 24.7. The van der Waals surface area contributed by atoms with Gasteiger partial charge < -0.3 is 25.2 Å². The normalized spacial score (nSPS) is 24.9. The van der Waals surface area contributed by atoms with Crippen LogP contribution in [0.2, 0.25) is 0 Å². The van der Waals surface area contributed by atoms with Crippen LogP contribution in [0.4, 0.5) is 9.18 Å². The summed E-state index contributed by atoms with van der Waals surface area (Å²) >= 11 is 0. The van der Waals surface area contributed by atoms with E-state index in [0.29, 0.717) is 25.4 Å². The van der Waals surface area contributed by atoms with Crippen molar-refractivity contribution >= 4 is 17.8 Å². The van der Waals surface area contributed by atoms with E-state index in [1.165, 1.54) is 25.1 Å². The molecule has 3 rings (SSSR count). The second kappa shape index (κ2) is 12.1. The molecule has 1 saturated carbocycles. The van der Waals surface area contributed by atoms with E-state index in [9.17, 15) is 18.8 Å². The van der Waals surface area contributed by atoms with Gasteiger partial charge in [0.1, 0.15) is 5.82 Å². The first-order chi connectivity index (χ1) is 16.3. The topological polar surface area (TPSA) is 91.0 Å². The lowest BCUT2D eigenvalue weighted by molar-refractivity contribution is -0.145. The van der Waals surface area contributed by atoms with Gasteiger partial charge in [0.15, 0.2) is 0 Å². The summed E-state index contributed by atoms with van der Waals surface area (Å²) in [7, 11) is 3.06. The van der Waals surface area contributed by atoms with Crippen LogP contribution in [0.25, 0.3) is 0 Å². The summed E-state index contributed by atoms with van der Waals surface area (Å²) in [6.07, 6.45) is 4.97. The van der Waals surface area contributed by atoms with Crippen LogP contribution in [0, 0.1) is 5.82 Å². The largest absolute Gasteiger partial charge is 0.376 e. The lowest BCUT2D eigenvalue weighted by Gasteiger charge is -2.42. The van der Waals surface area contributed by atoms with Gasteiger partial charge in [-0.05, 0) is 69.1 Å². The molecule has 2 N–H and O–H groups in total. The molecule has 1 aromatic carbocycles. The first-order valence-electron chi connectivity index (χ1n) is 12.2. The fraction of sp³-hybridized carbons (Fsp3) is 0.640. The van der Waals surface area contributed by atoms with Crippen molar-refractivity contribution < 1.29 is 23.5 Å². The zero-order valence-electron chi connectivity index (χ0n) is 20.4. The third-order valence-electron chi connectivity index (χ3n) is 6.78. The van der Waals surface area contributed by atoms with Gasteiger partial charge in [-0.1, -0.05) is 12.1 Å². The summed E-state index contributed by atoms with van der Waals surface area (Å²) in [6, 6.07) is 5.89. The molecule has 0 aromatic heterocycles. The van der Waals surface area contributed by atoms with Crippen LogP contribution >= 0.6 is 0 Å². The number of likely N-dealkylation sites (N-methyl/N-ethyl adjacent to an activating group) is 1. The highest BCUT2D eigenvalue weighted by molar-refractivity contribution is 6.34. The lowest BCUT2D eigenvalue weighted by Crippen LogP contribution is -2.62. The van der Waals surface area contributed by atoms with Gasteiger partial charge in [0.05, 0.1) is 24.8 Å². The van der Waals surface area contributed by atoms with Crippen molar-refractivity contribution in [2.75, 3.05) is 33.8 Å². The maximum absolute atomic E-state index is 13.6. The number of piperidine rings is 1. The van der Waals surface area contributed by atoms with Gasteiger partial charge in [-0.25, -0.2) is 9.18 Å². The van der Waals surface area contributed by atoms with Crippen LogP contribution in [0.3, 0.4) is 0 Å². The van der Waals surface area contributed by atoms with E-state index in [2.05, 4.69) is 10.6 Å². The highest BCUT2D eigenvalue weighted by Crippen LogP contribution is 2.34. The van der Waals surface area contributed by atoms with Gasteiger partial charge in [0.25, 0.3) is 0 Å². The minimum Gasteiger partial charge on any atom is -0.376 e. The van der Waals surface area contributed by atoms with Crippen molar-refractivity contribution in [2.45, 2.75) is 69.6 Å². The predicted octanol–water partition coefficient (Wildman–Crippen LogP) is 2.64. The predicted molar refractivity (Wildman–Crippen MR) is 127 cm³/mol. The van der Waals surface area contributed by atoms with E-state index in [4.69, 9.17) is 4.74 Å². The zero-order valence-corrected chi connectivity index (χ0v) is 20.4. The Balaban J connectivity index is 1.61. The summed E-state index contributed by atoms with van der Waals surface area (Å²) in [6.45, 7) is 3.22. The van der Waals surface area contributed by atoms with Crippen molar-refractivity contribution in [3.8, 4) is 0 Å². The van der Waals surface area contributed by atoms with Crippen molar-refractivity contribution in [3.63, 3.8) is 0 Å². The number of rotatable bonds is 6. The fourth-order valence-electron chi connectivity index (χ4n) is 4.93. The van der Waals surface area contributed by atoms with Gasteiger partial charge in [-0.2, -0.15) is 0 Å². The molecule has 0 bridgehead atoms. The third-order valence-corrected chi connectivity index (χ3v) is 6.78. The van der Waals surface area contributed by atoms with Gasteiger partial charge in [0.2, 0.25) is 0 Å². The molecule has 0 unspecified atom stereocenters. The maximum atomic E-state index is 13.6. The van der Waals surface area contributed by atoms with Crippen LogP contribution in [-0.2, 0) is 14.3 Å². The number of benzene rings is 1. The van der Waals surface area contributed by atoms with Gasteiger partial charge in [0, 0.05) is 27.2 Å². The van der Waals surface area contributed by atoms with Gasteiger partial charge >= 0.3 is 17.8 Å². The van der Waals surface area contributed by atoms with Gasteiger partial charge in [-0.15, -0.1) is 0 Å². The average molecular weight is 477 g/mol. The molecule has 1 aliphatic heterocycles. The van der Waals surface area contributed by atoms with Crippen LogP contribution in [0.1, 0.15) is 56.9 Å². The van der Waals surface area contributed by atoms with Crippen molar-refractivity contribution in [1.29, 1.82) is 0 Å². The smallest absolute Gasteiger partial charge is 0.317 e. The van der Waals surface area contributed by atoms with Crippen molar-refractivity contribution in [1.82, 2.24) is 20.4 Å². The standard InChI is InChI=1S/C25H37FN4O4/c1-4-27-25(33)30-14-6-9-21(28-23(31)24(32)29(2)3)22(30)16-34-20-12-10-17(11-13-20)18-7-5-8-19(26)15-18/h5,7-8,15,17,20-22H,4,6,9-14,16H2,1-3H3,(H,27,33)(H,28,31)/t17-,20+,21-,22-/m0/s1. The number of amides is 4. The SMILES string of the molecule is CCNC(=O)N1CCC[C@H](NC(=O)C(=O)N(C)C)[C@@H]1CO[C@H]1CC[C@@H](c2cccc(F)c2)CC1. The number of hydrogen-bond acceptors (Lipinski definition) is 4. The first-order valence-corrected chi connectivity index (χ1v) is 12.2. The van der Waals surface area contributed by atoms with Crippen molar-refractivity contribution in [2.24, 2.45) is 0 Å². The minimum atomic E-state index is -0.673. The number of urea groups is 1. The third kappa shape index (κ3) is 6.68. The maximum Gasteiger partial charge on any atom is 0.317 e. The number of halogens is 1. The Hall–Kier alpha value is -2.68. The van der Waals surface area contributed by atoms with Crippen LogP contribution in [-0.4, -0.2) is 79.6 Å². The lowest BCUT2D eigenvalue weighted by atomic mass is 9.82. The second-order valence-corrected chi connectivity index (χ2v) is 9.38. The second-order valence-electron chi connectivity index (χ2n) is 9.38. The summed E-state index contributed by atoms with van der Waals surface area (Å²) < 4.78 is 19.9. The first kappa shape index (κ1) is 25.9. The monoisotopic (exact) mass is 476 g/mol. The molecule has 1 heterocycles. The highest BCUT2D eigenvalue weighted by Gasteiger charge is 2.37. The Bertz CT molecular complexity index is 857. The van der Waals surface area contributed by atoms with Gasteiger partial charge in [-0.3, -0.25) is 9.59 Å². The molecule has 2 aliphatic rings. The molecule has 9 heteroatoms. The number of likely N-dealkylation sites (tertiary alicyclic amines) is 1. The molecular formula is C25H37FN4O4. The van der Waals surface area contributed by atoms with E-state index in [-0.39, 0.29) is 36.6 Å². The van der Waals surface area contributed by atoms with E-state index >= 15 is 0 Å². The quantitative estimate of drug-likeness (QED) is 0.618. The molecule has 188 valence electrons. The number of carbonyl (C=O) groups excluding carboxylic acids is 3. The highest BCUT2D eigenvalue weighted by atomic mass is 19.1. The van der Waals surface area contributed by atoms with E-state index in [0.717, 1.165) is 37.7 Å². The van der Waals surface area contributed by atoms with Crippen LogP contribution in [0.5, 0.6) is 0 Å². The summed E-state index contributed by atoms with van der Waals surface area (Å²) in [4.78, 5) is 40.2. The molecule has 4 amide bonds. The molecule has 1 saturated heterocycles. The number of nitrogens with zero attached hydrogens (tertiary/aromatic N) is 2. The number of ether oxygens (including phenoxy) is 1. The van der Waals surface area contributed by atoms with Crippen LogP contribution < -0.4 is 10.6 Å². The molecule has 0 radical (unpaired) electrons. The average Bonchev–Trinajstić information content (AvgIpc) is 2.83. The number of nitrogens with one attached hydrogen (secondary N) is 2. The fourth-order valence-corrected chi connectivity index (χ4v) is 4.93.